The van der Waals surface area contributed by atoms with E-state index in [0.717, 1.165) is 21.6 Å². The summed E-state index contributed by atoms with van der Waals surface area (Å²) in [5.74, 6) is 0.432. The molecule has 0 spiro atoms. The second-order valence-electron chi connectivity index (χ2n) is 5.55. The Bertz CT molecular complexity index is 773. The second kappa shape index (κ2) is 6.14. The van der Waals surface area contributed by atoms with Crippen LogP contribution in [-0.4, -0.2) is 22.9 Å². The van der Waals surface area contributed by atoms with Crippen LogP contribution in [0.5, 0.6) is 0 Å². The van der Waals surface area contributed by atoms with Gasteiger partial charge in [0.2, 0.25) is 0 Å². The predicted molar refractivity (Wildman–Crippen MR) is 93.0 cm³/mol. The van der Waals surface area contributed by atoms with E-state index in [0.29, 0.717) is 16.7 Å². The van der Waals surface area contributed by atoms with E-state index in [4.69, 9.17) is 0 Å². The van der Waals surface area contributed by atoms with E-state index < -0.39 is 0 Å². The Labute approximate surface area is 137 Å². The first-order valence-electron chi connectivity index (χ1n) is 7.12. The van der Waals surface area contributed by atoms with Gasteiger partial charge in [-0.05, 0) is 18.1 Å². The molecule has 0 aliphatic carbocycles. The van der Waals surface area contributed by atoms with Crippen molar-refractivity contribution in [2.45, 2.75) is 20.3 Å². The summed E-state index contributed by atoms with van der Waals surface area (Å²) in [5, 5.41) is 3.55. The smallest absolute Gasteiger partial charge is 0.279 e. The van der Waals surface area contributed by atoms with E-state index in [1.807, 2.05) is 29.6 Å². The van der Waals surface area contributed by atoms with Gasteiger partial charge in [0.15, 0.2) is 5.13 Å². The lowest BCUT2D eigenvalue weighted by Crippen LogP contribution is -2.26. The number of thiazole rings is 2. The number of aromatic nitrogens is 2. The largest absolute Gasteiger partial charge is 0.286 e. The fourth-order valence-electron chi connectivity index (χ4n) is 2.11. The minimum atomic E-state index is -0.106. The van der Waals surface area contributed by atoms with Crippen molar-refractivity contribution >= 4 is 43.9 Å². The van der Waals surface area contributed by atoms with Gasteiger partial charge in [0, 0.05) is 18.8 Å². The Balaban J connectivity index is 1.83. The number of nitrogens with zero attached hydrogens (tertiary/aromatic N) is 3. The molecule has 0 atom stereocenters. The number of anilines is 1. The SMILES string of the molecule is CC(C)Cc1nc(C(=O)N(C)c2nc3ccccc3s2)cs1. The molecule has 6 heteroatoms. The van der Waals surface area contributed by atoms with Crippen molar-refractivity contribution in [2.75, 3.05) is 11.9 Å². The number of hydrogen-bond acceptors (Lipinski definition) is 5. The maximum Gasteiger partial charge on any atom is 0.279 e. The number of amides is 1. The molecule has 0 unspecified atom stereocenters. The fourth-order valence-corrected chi connectivity index (χ4v) is 4.02. The molecule has 0 saturated heterocycles. The van der Waals surface area contributed by atoms with Gasteiger partial charge in [-0.25, -0.2) is 9.97 Å². The first kappa shape index (κ1) is 15.1. The third-order valence-corrected chi connectivity index (χ3v) is 5.21. The van der Waals surface area contributed by atoms with Crippen LogP contribution < -0.4 is 4.90 Å². The Morgan fingerprint density at radius 2 is 2.05 bits per heavy atom. The van der Waals surface area contributed by atoms with Gasteiger partial charge >= 0.3 is 0 Å². The summed E-state index contributed by atoms with van der Waals surface area (Å²) < 4.78 is 1.08. The van der Waals surface area contributed by atoms with Gasteiger partial charge in [0.1, 0.15) is 5.69 Å². The van der Waals surface area contributed by atoms with Crippen LogP contribution >= 0.6 is 22.7 Å². The molecule has 22 heavy (non-hydrogen) atoms. The number of para-hydroxylation sites is 1. The highest BCUT2D eigenvalue weighted by Crippen LogP contribution is 2.28. The number of fused-ring (bicyclic) bond motifs is 1. The average Bonchev–Trinajstić information content (AvgIpc) is 3.11. The Hall–Kier alpha value is -1.79. The standard InChI is InChI=1S/C16H17N3OS2/c1-10(2)8-14-17-12(9-21-14)15(20)19(3)16-18-11-6-4-5-7-13(11)22-16/h4-7,9-10H,8H2,1-3H3. The van der Waals surface area contributed by atoms with Crippen LogP contribution in [-0.2, 0) is 6.42 Å². The van der Waals surface area contributed by atoms with Crippen LogP contribution in [0.3, 0.4) is 0 Å². The molecule has 0 radical (unpaired) electrons. The zero-order valence-electron chi connectivity index (χ0n) is 12.7. The first-order chi connectivity index (χ1) is 10.5. The molecular formula is C16H17N3OS2. The van der Waals surface area contributed by atoms with E-state index in [1.54, 1.807) is 23.3 Å². The molecule has 0 saturated carbocycles. The molecule has 2 heterocycles. The van der Waals surface area contributed by atoms with Crippen molar-refractivity contribution < 1.29 is 4.79 Å². The van der Waals surface area contributed by atoms with Gasteiger partial charge in [0.05, 0.1) is 15.2 Å². The van der Waals surface area contributed by atoms with E-state index in [2.05, 4.69) is 23.8 Å². The molecule has 4 nitrogen and oxygen atoms in total. The third-order valence-electron chi connectivity index (χ3n) is 3.23. The minimum absolute atomic E-state index is 0.106. The summed E-state index contributed by atoms with van der Waals surface area (Å²) in [4.78, 5) is 23.1. The highest BCUT2D eigenvalue weighted by Gasteiger charge is 2.20. The average molecular weight is 331 g/mol. The van der Waals surface area contributed by atoms with Gasteiger partial charge in [-0.3, -0.25) is 9.69 Å². The van der Waals surface area contributed by atoms with Gasteiger partial charge in [0.25, 0.3) is 5.91 Å². The van der Waals surface area contributed by atoms with Crippen molar-refractivity contribution in [1.29, 1.82) is 0 Å². The molecule has 0 aliphatic heterocycles. The Morgan fingerprint density at radius 3 is 2.77 bits per heavy atom. The molecule has 0 N–H and O–H groups in total. The maximum absolute atomic E-state index is 12.6. The number of carbonyl (C=O) groups is 1. The van der Waals surface area contributed by atoms with E-state index >= 15 is 0 Å². The lowest BCUT2D eigenvalue weighted by Gasteiger charge is -2.11. The topological polar surface area (TPSA) is 46.1 Å². The van der Waals surface area contributed by atoms with Crippen LogP contribution in [0.15, 0.2) is 29.6 Å². The Morgan fingerprint density at radius 1 is 1.27 bits per heavy atom. The monoisotopic (exact) mass is 331 g/mol. The zero-order valence-corrected chi connectivity index (χ0v) is 14.4. The highest BCUT2D eigenvalue weighted by atomic mass is 32.1. The molecule has 3 aromatic rings. The maximum atomic E-state index is 12.6. The molecule has 3 rings (SSSR count). The summed E-state index contributed by atoms with van der Waals surface area (Å²) in [5.41, 5.74) is 1.42. The molecule has 0 aliphatic rings. The summed E-state index contributed by atoms with van der Waals surface area (Å²) in [6.07, 6.45) is 0.906. The number of hydrogen-bond donors (Lipinski definition) is 0. The minimum Gasteiger partial charge on any atom is -0.286 e. The van der Waals surface area contributed by atoms with Gasteiger partial charge in [-0.2, -0.15) is 0 Å². The van der Waals surface area contributed by atoms with E-state index in [1.165, 1.54) is 11.3 Å². The van der Waals surface area contributed by atoms with Crippen molar-refractivity contribution in [3.05, 3.63) is 40.3 Å². The summed E-state index contributed by atoms with van der Waals surface area (Å²) in [6, 6.07) is 7.90. The van der Waals surface area contributed by atoms with Crippen molar-refractivity contribution in [1.82, 2.24) is 9.97 Å². The quantitative estimate of drug-likeness (QED) is 0.719. The molecule has 0 fully saturated rings. The predicted octanol–water partition coefficient (Wildman–Crippen LogP) is 4.23. The zero-order chi connectivity index (χ0) is 15.7. The Kier molecular flexibility index (Phi) is 4.22. The summed E-state index contributed by atoms with van der Waals surface area (Å²) in [6.45, 7) is 4.30. The molecule has 0 bridgehead atoms. The van der Waals surface area contributed by atoms with E-state index in [9.17, 15) is 4.79 Å². The number of rotatable bonds is 4. The van der Waals surface area contributed by atoms with Crippen LogP contribution in [0.1, 0.15) is 29.3 Å². The summed E-state index contributed by atoms with van der Waals surface area (Å²) >= 11 is 3.06. The number of carbonyl (C=O) groups excluding carboxylic acids is 1. The lowest BCUT2D eigenvalue weighted by molar-refractivity contribution is 0.0988. The van der Waals surface area contributed by atoms with E-state index in [-0.39, 0.29) is 5.91 Å². The van der Waals surface area contributed by atoms with Crippen LogP contribution in [0, 0.1) is 5.92 Å². The highest BCUT2D eigenvalue weighted by molar-refractivity contribution is 7.22. The van der Waals surface area contributed by atoms with Crippen molar-refractivity contribution in [3.8, 4) is 0 Å². The van der Waals surface area contributed by atoms with Gasteiger partial charge in [-0.15, -0.1) is 11.3 Å². The van der Waals surface area contributed by atoms with Gasteiger partial charge in [-0.1, -0.05) is 37.3 Å². The molecule has 1 aromatic carbocycles. The fraction of sp³-hybridized carbons (Fsp3) is 0.312. The molecule has 114 valence electrons. The normalized spacial score (nSPS) is 11.3. The van der Waals surface area contributed by atoms with Crippen molar-refractivity contribution in [2.24, 2.45) is 5.92 Å². The van der Waals surface area contributed by atoms with Crippen LogP contribution in [0.25, 0.3) is 10.2 Å². The second-order valence-corrected chi connectivity index (χ2v) is 7.50. The molecule has 2 aromatic heterocycles. The third kappa shape index (κ3) is 3.03. The van der Waals surface area contributed by atoms with Gasteiger partial charge < -0.3 is 0 Å². The number of benzene rings is 1. The van der Waals surface area contributed by atoms with Crippen LogP contribution in [0.2, 0.25) is 0 Å². The lowest BCUT2D eigenvalue weighted by atomic mass is 10.1. The summed E-state index contributed by atoms with van der Waals surface area (Å²) in [7, 11) is 1.75. The van der Waals surface area contributed by atoms with Crippen LogP contribution in [0.4, 0.5) is 5.13 Å². The van der Waals surface area contributed by atoms with Crippen molar-refractivity contribution in [3.63, 3.8) is 0 Å². The molecular weight excluding hydrogens is 314 g/mol. The molecule has 1 amide bonds. The first-order valence-corrected chi connectivity index (χ1v) is 8.82.